The van der Waals surface area contributed by atoms with Crippen LogP contribution in [0, 0.1) is 0 Å². The molecule has 0 saturated carbocycles. The molecule has 1 amide bonds. The number of fused-ring (bicyclic) bond motifs is 1. The molecule has 0 saturated heterocycles. The molecule has 0 atom stereocenters. The zero-order valence-corrected chi connectivity index (χ0v) is 12.8. The Hall–Kier alpha value is -1.98. The lowest BCUT2D eigenvalue weighted by molar-refractivity contribution is -0.137. The number of ether oxygens (including phenoxy) is 1. The second kappa shape index (κ2) is 5.34. The molecule has 0 aromatic heterocycles. The van der Waals surface area contributed by atoms with Gasteiger partial charge in [0.15, 0.2) is 0 Å². The van der Waals surface area contributed by atoms with Crippen molar-refractivity contribution in [2.75, 3.05) is 0 Å². The average Bonchev–Trinajstić information content (AvgIpc) is 2.76. The lowest BCUT2D eigenvalue weighted by Gasteiger charge is -2.24. The van der Waals surface area contributed by atoms with Gasteiger partial charge < -0.3 is 4.74 Å². The number of carbonyl (C=O) groups excluding carboxylic acids is 1. The molecule has 0 fully saturated rings. The van der Waals surface area contributed by atoms with E-state index >= 15 is 0 Å². The molecule has 0 bridgehead atoms. The van der Waals surface area contributed by atoms with Crippen LogP contribution in [0.2, 0.25) is 0 Å². The molecule has 120 valence electrons. The highest BCUT2D eigenvalue weighted by molar-refractivity contribution is 5.70. The number of halogens is 3. The number of carbonyl (C=O) groups is 1. The van der Waals surface area contributed by atoms with Gasteiger partial charge >= 0.3 is 12.3 Å². The quantitative estimate of drug-likeness (QED) is 0.758. The Balaban J connectivity index is 2.28. The van der Waals surface area contributed by atoms with E-state index in [-0.39, 0.29) is 18.7 Å². The fraction of sp³-hybridized carbons (Fsp3) is 0.438. The first-order chi connectivity index (χ1) is 10.0. The van der Waals surface area contributed by atoms with Gasteiger partial charge in [-0.2, -0.15) is 13.2 Å². The molecule has 3 nitrogen and oxygen atoms in total. The summed E-state index contributed by atoms with van der Waals surface area (Å²) in [4.78, 5) is 13.4. The van der Waals surface area contributed by atoms with Gasteiger partial charge in [0.1, 0.15) is 5.60 Å². The topological polar surface area (TPSA) is 29.5 Å². The predicted octanol–water partition coefficient (Wildman–Crippen LogP) is 4.60. The summed E-state index contributed by atoms with van der Waals surface area (Å²) in [5.74, 6) is 0. The second-order valence-corrected chi connectivity index (χ2v) is 6.25. The van der Waals surface area contributed by atoms with Gasteiger partial charge in [0.25, 0.3) is 0 Å². The fourth-order valence-electron chi connectivity index (χ4n) is 2.34. The van der Waals surface area contributed by atoms with Crippen molar-refractivity contribution in [3.8, 4) is 0 Å². The van der Waals surface area contributed by atoms with E-state index in [4.69, 9.17) is 4.74 Å². The molecule has 0 N–H and O–H groups in total. The number of benzene rings is 1. The summed E-state index contributed by atoms with van der Waals surface area (Å²) in [5.41, 5.74) is -0.169. The van der Waals surface area contributed by atoms with Gasteiger partial charge in [0.2, 0.25) is 0 Å². The molecule has 1 heterocycles. The molecule has 1 aromatic rings. The second-order valence-electron chi connectivity index (χ2n) is 6.25. The number of nitrogens with zero attached hydrogens (tertiary/aromatic N) is 1. The van der Waals surface area contributed by atoms with Crippen LogP contribution < -0.4 is 0 Å². The smallest absolute Gasteiger partial charge is 0.416 e. The van der Waals surface area contributed by atoms with E-state index in [9.17, 15) is 18.0 Å². The van der Waals surface area contributed by atoms with Crippen molar-refractivity contribution in [1.82, 2.24) is 4.90 Å². The van der Waals surface area contributed by atoms with Crippen molar-refractivity contribution < 1.29 is 22.7 Å². The number of rotatable bonds is 1. The Morgan fingerprint density at radius 3 is 2.23 bits per heavy atom. The van der Waals surface area contributed by atoms with Crippen LogP contribution in [0.15, 0.2) is 18.7 Å². The average molecular weight is 313 g/mol. The summed E-state index contributed by atoms with van der Waals surface area (Å²) in [5, 5.41) is 0. The van der Waals surface area contributed by atoms with E-state index in [0.29, 0.717) is 11.1 Å². The molecule has 1 aliphatic rings. The van der Waals surface area contributed by atoms with Crippen LogP contribution in [-0.2, 0) is 24.0 Å². The monoisotopic (exact) mass is 313 g/mol. The SMILES string of the molecule is C=Cc1cc2c(cc1C(F)(F)F)CN(C(=O)OC(C)(C)C)C2. The van der Waals surface area contributed by atoms with E-state index in [1.54, 1.807) is 20.8 Å². The normalized spacial score (nSPS) is 14.7. The fourth-order valence-corrected chi connectivity index (χ4v) is 2.34. The van der Waals surface area contributed by atoms with Gasteiger partial charge in [0.05, 0.1) is 5.56 Å². The first kappa shape index (κ1) is 16.4. The molecule has 1 aromatic carbocycles. The molecule has 0 spiro atoms. The van der Waals surface area contributed by atoms with Crippen LogP contribution in [0.25, 0.3) is 6.08 Å². The highest BCUT2D eigenvalue weighted by Gasteiger charge is 2.36. The lowest BCUT2D eigenvalue weighted by atomic mass is 9.99. The minimum Gasteiger partial charge on any atom is -0.444 e. The van der Waals surface area contributed by atoms with Gasteiger partial charge in [-0.25, -0.2) is 4.79 Å². The maximum atomic E-state index is 13.0. The van der Waals surface area contributed by atoms with Crippen LogP contribution in [0.5, 0.6) is 0 Å². The molecule has 6 heteroatoms. The minimum absolute atomic E-state index is 0.0253. The van der Waals surface area contributed by atoms with Crippen LogP contribution in [0.3, 0.4) is 0 Å². The van der Waals surface area contributed by atoms with Crippen molar-refractivity contribution in [2.45, 2.75) is 45.6 Å². The standard InChI is InChI=1S/C16H18F3NO2/c1-5-10-6-11-8-20(14(21)22-15(2,3)4)9-12(11)7-13(10)16(17,18)19/h5-7H,1,8-9H2,2-4H3. The summed E-state index contributed by atoms with van der Waals surface area (Å²) in [6.07, 6.45) is -3.80. The molecule has 0 radical (unpaired) electrons. The first-order valence-corrected chi connectivity index (χ1v) is 6.84. The Bertz CT molecular complexity index is 615. The Morgan fingerprint density at radius 1 is 1.23 bits per heavy atom. The summed E-state index contributed by atoms with van der Waals surface area (Å²) in [7, 11) is 0. The maximum absolute atomic E-state index is 13.0. The zero-order valence-electron chi connectivity index (χ0n) is 12.8. The van der Waals surface area contributed by atoms with Gasteiger partial charge in [-0.15, -0.1) is 0 Å². The Morgan fingerprint density at radius 2 is 1.77 bits per heavy atom. The van der Waals surface area contributed by atoms with Gasteiger partial charge in [0, 0.05) is 13.1 Å². The number of amides is 1. The minimum atomic E-state index is -4.45. The molecule has 0 unspecified atom stereocenters. The Labute approximate surface area is 127 Å². The molecule has 0 aliphatic carbocycles. The van der Waals surface area contributed by atoms with Crippen molar-refractivity contribution in [3.05, 3.63) is 41.0 Å². The van der Waals surface area contributed by atoms with E-state index in [1.807, 2.05) is 0 Å². The van der Waals surface area contributed by atoms with E-state index in [1.165, 1.54) is 17.0 Å². The van der Waals surface area contributed by atoms with E-state index in [0.717, 1.165) is 6.07 Å². The van der Waals surface area contributed by atoms with Gasteiger partial charge in [-0.05, 0) is 49.6 Å². The summed E-state index contributed by atoms with van der Waals surface area (Å²) < 4.78 is 44.3. The third-order valence-corrected chi connectivity index (χ3v) is 3.27. The Kier molecular flexibility index (Phi) is 3.98. The van der Waals surface area contributed by atoms with Crippen LogP contribution >= 0.6 is 0 Å². The van der Waals surface area contributed by atoms with E-state index < -0.39 is 23.4 Å². The number of alkyl halides is 3. The molecular weight excluding hydrogens is 295 g/mol. The predicted molar refractivity (Wildman–Crippen MR) is 77.0 cm³/mol. The molecule has 22 heavy (non-hydrogen) atoms. The summed E-state index contributed by atoms with van der Waals surface area (Å²) in [6.45, 7) is 9.01. The maximum Gasteiger partial charge on any atom is 0.416 e. The zero-order chi connectivity index (χ0) is 16.7. The highest BCUT2D eigenvalue weighted by Crippen LogP contribution is 2.37. The number of hydrogen-bond acceptors (Lipinski definition) is 2. The van der Waals surface area contributed by atoms with Crippen molar-refractivity contribution >= 4 is 12.2 Å². The lowest BCUT2D eigenvalue weighted by Crippen LogP contribution is -2.33. The van der Waals surface area contributed by atoms with Crippen molar-refractivity contribution in [3.63, 3.8) is 0 Å². The molecular formula is C16H18F3NO2. The molecule has 2 rings (SSSR count). The first-order valence-electron chi connectivity index (χ1n) is 6.84. The summed E-state index contributed by atoms with van der Waals surface area (Å²) in [6, 6.07) is 2.53. The highest BCUT2D eigenvalue weighted by atomic mass is 19.4. The van der Waals surface area contributed by atoms with Crippen LogP contribution in [0.4, 0.5) is 18.0 Å². The third-order valence-electron chi connectivity index (χ3n) is 3.27. The van der Waals surface area contributed by atoms with Gasteiger partial charge in [-0.1, -0.05) is 12.7 Å². The molecule has 1 aliphatic heterocycles. The van der Waals surface area contributed by atoms with Gasteiger partial charge in [-0.3, -0.25) is 4.90 Å². The number of hydrogen-bond donors (Lipinski definition) is 0. The van der Waals surface area contributed by atoms with E-state index in [2.05, 4.69) is 6.58 Å². The largest absolute Gasteiger partial charge is 0.444 e. The van der Waals surface area contributed by atoms with Crippen LogP contribution in [-0.4, -0.2) is 16.6 Å². The van der Waals surface area contributed by atoms with Crippen molar-refractivity contribution in [1.29, 1.82) is 0 Å². The summed E-state index contributed by atoms with van der Waals surface area (Å²) >= 11 is 0. The van der Waals surface area contributed by atoms with Crippen molar-refractivity contribution in [2.24, 2.45) is 0 Å². The third kappa shape index (κ3) is 3.43. The van der Waals surface area contributed by atoms with Crippen LogP contribution in [0.1, 0.15) is 43.0 Å².